The molecule has 0 aromatic rings. The summed E-state index contributed by atoms with van der Waals surface area (Å²) in [6.07, 6.45) is 4.10. The number of piperidine rings is 1. The minimum Gasteiger partial charge on any atom is -0.334 e. The summed E-state index contributed by atoms with van der Waals surface area (Å²) in [5, 5.41) is 0.197. The topological polar surface area (TPSA) is 23.6 Å². The van der Waals surface area contributed by atoms with Crippen molar-refractivity contribution in [3.05, 3.63) is 0 Å². The van der Waals surface area contributed by atoms with Gasteiger partial charge in [-0.05, 0) is 25.0 Å². The lowest BCUT2D eigenvalue weighted by atomic mass is 10.0. The van der Waals surface area contributed by atoms with Crippen LogP contribution in [0.1, 0.15) is 26.7 Å². The number of amides is 1. The zero-order valence-electron chi connectivity index (χ0n) is 10.9. The average molecular weight is 244 g/mol. The third kappa shape index (κ3) is 3.98. The van der Waals surface area contributed by atoms with E-state index in [2.05, 4.69) is 18.7 Å². The van der Waals surface area contributed by atoms with E-state index in [0.29, 0.717) is 6.04 Å². The fraction of sp³-hybridized carbons (Fsp3) is 0.917. The first-order chi connectivity index (χ1) is 7.54. The van der Waals surface area contributed by atoms with E-state index >= 15 is 0 Å². The molecule has 0 radical (unpaired) electrons. The molecule has 1 heterocycles. The van der Waals surface area contributed by atoms with E-state index in [1.807, 2.05) is 18.2 Å². The Hall–Kier alpha value is -0.220. The first-order valence-electron chi connectivity index (χ1n) is 6.07. The quantitative estimate of drug-likeness (QED) is 0.762. The van der Waals surface area contributed by atoms with Crippen LogP contribution >= 0.6 is 11.8 Å². The summed E-state index contributed by atoms with van der Waals surface area (Å²) in [4.78, 5) is 16.0. The van der Waals surface area contributed by atoms with E-state index in [0.717, 1.165) is 31.8 Å². The number of rotatable bonds is 3. The highest BCUT2D eigenvalue weighted by molar-refractivity contribution is 8.12. The molecular weight excluding hydrogens is 220 g/mol. The van der Waals surface area contributed by atoms with E-state index in [1.54, 1.807) is 0 Å². The van der Waals surface area contributed by atoms with Crippen LogP contribution in [0.3, 0.4) is 0 Å². The molecule has 1 fully saturated rings. The predicted octanol–water partition coefficient (Wildman–Crippen LogP) is 2.52. The van der Waals surface area contributed by atoms with Crippen molar-refractivity contribution in [3.8, 4) is 0 Å². The fourth-order valence-corrected chi connectivity index (χ4v) is 2.74. The van der Waals surface area contributed by atoms with Gasteiger partial charge < -0.3 is 9.80 Å². The number of nitrogens with zero attached hydrogens (tertiary/aromatic N) is 2. The van der Waals surface area contributed by atoms with Crippen LogP contribution in [0, 0.1) is 5.92 Å². The summed E-state index contributed by atoms with van der Waals surface area (Å²) in [6.45, 7) is 7.97. The van der Waals surface area contributed by atoms with Crippen molar-refractivity contribution >= 4 is 17.0 Å². The maximum absolute atomic E-state index is 11.5. The summed E-state index contributed by atoms with van der Waals surface area (Å²) in [7, 11) is 1.93. The molecule has 0 unspecified atom stereocenters. The zero-order chi connectivity index (χ0) is 12.1. The van der Waals surface area contributed by atoms with Crippen LogP contribution in [0.15, 0.2) is 0 Å². The van der Waals surface area contributed by atoms with Crippen molar-refractivity contribution in [2.24, 2.45) is 5.92 Å². The molecule has 1 amide bonds. The van der Waals surface area contributed by atoms with Gasteiger partial charge >= 0.3 is 0 Å². The van der Waals surface area contributed by atoms with Crippen LogP contribution in [0.5, 0.6) is 0 Å². The number of likely N-dealkylation sites (tertiary alicyclic amines) is 1. The molecule has 4 heteroatoms. The van der Waals surface area contributed by atoms with Crippen LogP contribution in [0.4, 0.5) is 4.79 Å². The largest absolute Gasteiger partial charge is 0.334 e. The molecule has 0 atom stereocenters. The standard InChI is InChI=1S/C12H24N2OS/c1-10(2)9-14-7-5-11(6-8-14)13(3)12(15)16-4/h10-11H,5-9H2,1-4H3. The van der Waals surface area contributed by atoms with Gasteiger partial charge in [-0.25, -0.2) is 0 Å². The number of carbonyl (C=O) groups is 1. The highest BCUT2D eigenvalue weighted by Crippen LogP contribution is 2.18. The molecule has 0 N–H and O–H groups in total. The van der Waals surface area contributed by atoms with Crippen molar-refractivity contribution in [2.45, 2.75) is 32.7 Å². The fourth-order valence-electron chi connectivity index (χ4n) is 2.30. The van der Waals surface area contributed by atoms with Crippen LogP contribution < -0.4 is 0 Å². The third-order valence-electron chi connectivity index (χ3n) is 3.19. The molecule has 16 heavy (non-hydrogen) atoms. The van der Waals surface area contributed by atoms with Gasteiger partial charge in [0.1, 0.15) is 0 Å². The maximum atomic E-state index is 11.5. The Morgan fingerprint density at radius 1 is 1.44 bits per heavy atom. The third-order valence-corrected chi connectivity index (χ3v) is 3.83. The molecule has 1 aliphatic heterocycles. The number of hydrogen-bond acceptors (Lipinski definition) is 3. The van der Waals surface area contributed by atoms with Gasteiger partial charge in [0.05, 0.1) is 0 Å². The van der Waals surface area contributed by atoms with Crippen LogP contribution in [0.2, 0.25) is 0 Å². The smallest absolute Gasteiger partial charge is 0.281 e. The molecule has 1 aliphatic rings. The molecule has 0 aromatic heterocycles. The zero-order valence-corrected chi connectivity index (χ0v) is 11.7. The molecule has 1 rings (SSSR count). The number of hydrogen-bond donors (Lipinski definition) is 0. The van der Waals surface area contributed by atoms with Gasteiger partial charge in [0.15, 0.2) is 0 Å². The van der Waals surface area contributed by atoms with Gasteiger partial charge in [0.25, 0.3) is 5.24 Å². The summed E-state index contributed by atoms with van der Waals surface area (Å²) < 4.78 is 0. The molecule has 94 valence electrons. The molecule has 3 nitrogen and oxygen atoms in total. The van der Waals surface area contributed by atoms with Crippen LogP contribution in [0.25, 0.3) is 0 Å². The minimum absolute atomic E-state index is 0.197. The number of carbonyl (C=O) groups excluding carboxylic acids is 1. The summed E-state index contributed by atoms with van der Waals surface area (Å²) in [6, 6.07) is 0.448. The van der Waals surface area contributed by atoms with E-state index in [1.165, 1.54) is 18.3 Å². The summed E-state index contributed by atoms with van der Waals surface area (Å²) in [5.41, 5.74) is 0. The molecule has 0 aromatic carbocycles. The van der Waals surface area contributed by atoms with Gasteiger partial charge in [-0.3, -0.25) is 4.79 Å². The van der Waals surface area contributed by atoms with Crippen molar-refractivity contribution in [1.29, 1.82) is 0 Å². The number of thioether (sulfide) groups is 1. The SMILES string of the molecule is CSC(=O)N(C)C1CCN(CC(C)C)CC1. The van der Waals surface area contributed by atoms with Gasteiger partial charge in [-0.1, -0.05) is 25.6 Å². The highest BCUT2D eigenvalue weighted by Gasteiger charge is 2.24. The van der Waals surface area contributed by atoms with E-state index in [9.17, 15) is 4.79 Å². The van der Waals surface area contributed by atoms with E-state index < -0.39 is 0 Å². The Labute approximate surface area is 104 Å². The van der Waals surface area contributed by atoms with Gasteiger partial charge in [-0.2, -0.15) is 0 Å². The Morgan fingerprint density at radius 3 is 2.44 bits per heavy atom. The second kappa shape index (κ2) is 6.50. The molecule has 1 saturated heterocycles. The second-order valence-corrected chi connectivity index (χ2v) is 5.76. The summed E-state index contributed by atoms with van der Waals surface area (Å²) >= 11 is 1.31. The lowest BCUT2D eigenvalue weighted by molar-refractivity contribution is 0.137. The van der Waals surface area contributed by atoms with E-state index in [-0.39, 0.29) is 5.24 Å². The van der Waals surface area contributed by atoms with Gasteiger partial charge in [0.2, 0.25) is 0 Å². The van der Waals surface area contributed by atoms with Crippen molar-refractivity contribution < 1.29 is 4.79 Å². The maximum Gasteiger partial charge on any atom is 0.281 e. The van der Waals surface area contributed by atoms with Crippen LogP contribution in [-0.4, -0.2) is 54.0 Å². The first-order valence-corrected chi connectivity index (χ1v) is 7.30. The second-order valence-electron chi connectivity index (χ2n) is 5.01. The Morgan fingerprint density at radius 2 is 2.00 bits per heavy atom. The monoisotopic (exact) mass is 244 g/mol. The van der Waals surface area contributed by atoms with Gasteiger partial charge in [-0.15, -0.1) is 0 Å². The van der Waals surface area contributed by atoms with Crippen molar-refractivity contribution in [3.63, 3.8) is 0 Å². The Bertz CT molecular complexity index is 225. The molecular formula is C12H24N2OS. The van der Waals surface area contributed by atoms with Crippen LogP contribution in [-0.2, 0) is 0 Å². The first kappa shape index (κ1) is 13.8. The molecule has 0 saturated carbocycles. The minimum atomic E-state index is 0.197. The molecule has 0 aliphatic carbocycles. The van der Waals surface area contributed by atoms with Crippen molar-refractivity contribution in [2.75, 3.05) is 32.9 Å². The Kier molecular flexibility index (Phi) is 5.62. The molecule has 0 bridgehead atoms. The van der Waals surface area contributed by atoms with Crippen molar-refractivity contribution in [1.82, 2.24) is 9.80 Å². The lowest BCUT2D eigenvalue weighted by Crippen LogP contribution is -2.45. The molecule has 0 spiro atoms. The normalized spacial score (nSPS) is 19.1. The highest BCUT2D eigenvalue weighted by atomic mass is 32.2. The predicted molar refractivity (Wildman–Crippen MR) is 71.0 cm³/mol. The summed E-state index contributed by atoms with van der Waals surface area (Å²) in [5.74, 6) is 0.738. The van der Waals surface area contributed by atoms with E-state index in [4.69, 9.17) is 0 Å². The lowest BCUT2D eigenvalue weighted by Gasteiger charge is -2.37. The van der Waals surface area contributed by atoms with Gasteiger partial charge in [0, 0.05) is 32.7 Å². The average Bonchev–Trinajstić information content (AvgIpc) is 2.27. The Balaban J connectivity index is 2.34.